The van der Waals surface area contributed by atoms with E-state index >= 15 is 0 Å². The van der Waals surface area contributed by atoms with Gasteiger partial charge in [-0.1, -0.05) is 54.9 Å². The number of thioether (sulfide) groups is 1. The summed E-state index contributed by atoms with van der Waals surface area (Å²) in [6.45, 7) is 4.44. The third-order valence-corrected chi connectivity index (χ3v) is 4.50. The van der Waals surface area contributed by atoms with Crippen molar-refractivity contribution in [1.82, 2.24) is 0 Å². The summed E-state index contributed by atoms with van der Waals surface area (Å²) in [4.78, 5) is 4.66. The fourth-order valence-electron chi connectivity index (χ4n) is 1.86. The molecule has 0 fully saturated rings. The zero-order valence-electron chi connectivity index (χ0n) is 10.4. The monoisotopic (exact) mass is 302 g/mol. The van der Waals surface area contributed by atoms with E-state index in [1.54, 1.807) is 17.8 Å². The molecule has 1 aromatic rings. The molecule has 0 radical (unpaired) electrons. The van der Waals surface area contributed by atoms with E-state index in [2.05, 4.69) is 24.2 Å². The van der Waals surface area contributed by atoms with Crippen LogP contribution in [0.25, 0.3) is 0 Å². The predicted molar refractivity (Wildman–Crippen MR) is 83.2 cm³/mol. The summed E-state index contributed by atoms with van der Waals surface area (Å²) < 4.78 is 0. The minimum absolute atomic E-state index is 0.412. The largest absolute Gasteiger partial charge is 0.334 e. The fourth-order valence-corrected chi connectivity index (χ4v) is 3.18. The Labute approximate surface area is 122 Å². The van der Waals surface area contributed by atoms with Crippen LogP contribution in [0.3, 0.4) is 0 Å². The van der Waals surface area contributed by atoms with Crippen LogP contribution in [0.1, 0.15) is 20.3 Å². The summed E-state index contributed by atoms with van der Waals surface area (Å²) >= 11 is 13.9. The van der Waals surface area contributed by atoms with Crippen LogP contribution in [-0.4, -0.2) is 17.0 Å². The average molecular weight is 303 g/mol. The molecular weight excluding hydrogens is 287 g/mol. The fraction of sp³-hybridized carbons (Fsp3) is 0.462. The van der Waals surface area contributed by atoms with E-state index in [0.717, 1.165) is 23.0 Å². The van der Waals surface area contributed by atoms with Crippen molar-refractivity contribution in [2.75, 3.05) is 11.1 Å². The summed E-state index contributed by atoms with van der Waals surface area (Å²) in [5.41, 5.74) is 0.820. The molecule has 98 valence electrons. The van der Waals surface area contributed by atoms with E-state index in [-0.39, 0.29) is 0 Å². The Bertz CT molecular complexity index is 460. The molecule has 0 spiro atoms. The maximum Gasteiger partial charge on any atom is 0.161 e. The highest BCUT2D eigenvalue weighted by Gasteiger charge is 2.19. The van der Waals surface area contributed by atoms with Crippen molar-refractivity contribution in [1.29, 1.82) is 0 Å². The van der Waals surface area contributed by atoms with Gasteiger partial charge in [0.05, 0.1) is 21.8 Å². The molecule has 0 amide bonds. The van der Waals surface area contributed by atoms with Gasteiger partial charge in [-0.25, -0.2) is 0 Å². The molecule has 1 heterocycles. The van der Waals surface area contributed by atoms with E-state index < -0.39 is 0 Å². The van der Waals surface area contributed by atoms with Crippen molar-refractivity contribution >= 4 is 45.8 Å². The van der Waals surface area contributed by atoms with Crippen LogP contribution in [0.2, 0.25) is 10.0 Å². The van der Waals surface area contributed by atoms with Crippen LogP contribution in [-0.2, 0) is 0 Å². The number of halogens is 2. The first-order valence-electron chi connectivity index (χ1n) is 5.98. The highest BCUT2D eigenvalue weighted by atomic mass is 35.5. The lowest BCUT2D eigenvalue weighted by Crippen LogP contribution is -2.08. The highest BCUT2D eigenvalue weighted by molar-refractivity contribution is 8.14. The lowest BCUT2D eigenvalue weighted by atomic mass is 10.1. The summed E-state index contributed by atoms with van der Waals surface area (Å²) in [6, 6.07) is 5.98. The van der Waals surface area contributed by atoms with Gasteiger partial charge >= 0.3 is 0 Å². The van der Waals surface area contributed by atoms with Crippen LogP contribution in [0.15, 0.2) is 23.2 Å². The predicted octanol–water partition coefficient (Wildman–Crippen LogP) is 4.92. The Hall–Kier alpha value is -0.380. The summed E-state index contributed by atoms with van der Waals surface area (Å²) in [6.07, 6.45) is 1.13. The smallest absolute Gasteiger partial charge is 0.161 e. The van der Waals surface area contributed by atoms with E-state index in [1.165, 1.54) is 0 Å². The van der Waals surface area contributed by atoms with Gasteiger partial charge in [-0.3, -0.25) is 4.99 Å². The number of rotatable bonds is 3. The number of amidine groups is 1. The minimum Gasteiger partial charge on any atom is -0.334 e. The Morgan fingerprint density at radius 2 is 2.22 bits per heavy atom. The van der Waals surface area contributed by atoms with Crippen molar-refractivity contribution in [3.63, 3.8) is 0 Å². The molecule has 5 heteroatoms. The van der Waals surface area contributed by atoms with Crippen LogP contribution in [0.5, 0.6) is 0 Å². The molecule has 0 bridgehead atoms. The second kappa shape index (κ2) is 6.18. The molecule has 2 nitrogen and oxygen atoms in total. The van der Waals surface area contributed by atoms with Crippen molar-refractivity contribution in [2.24, 2.45) is 10.9 Å². The molecule has 0 saturated carbocycles. The number of nitrogens with one attached hydrogen (secondary N) is 1. The Morgan fingerprint density at radius 1 is 1.44 bits per heavy atom. The summed E-state index contributed by atoms with van der Waals surface area (Å²) in [5.74, 6) is 1.71. The molecule has 0 aliphatic carbocycles. The van der Waals surface area contributed by atoms with Crippen LogP contribution >= 0.6 is 35.0 Å². The number of benzene rings is 1. The summed E-state index contributed by atoms with van der Waals surface area (Å²) in [5, 5.41) is 5.29. The molecule has 1 aliphatic heterocycles. The number of aliphatic imine (C=N–C) groups is 1. The SMILES string of the molecule is CC(C)CC1CSC(Nc2cccc(Cl)c2Cl)=N1. The van der Waals surface area contributed by atoms with Gasteiger partial charge in [-0.2, -0.15) is 0 Å². The zero-order valence-corrected chi connectivity index (χ0v) is 12.7. The number of hydrogen-bond acceptors (Lipinski definition) is 3. The van der Waals surface area contributed by atoms with Crippen LogP contribution in [0, 0.1) is 5.92 Å². The Morgan fingerprint density at radius 3 is 2.94 bits per heavy atom. The van der Waals surface area contributed by atoms with Gasteiger partial charge < -0.3 is 5.32 Å². The van der Waals surface area contributed by atoms with Crippen molar-refractivity contribution < 1.29 is 0 Å². The molecular formula is C13H16Cl2N2S. The van der Waals surface area contributed by atoms with Crippen molar-refractivity contribution in [3.8, 4) is 0 Å². The van der Waals surface area contributed by atoms with E-state index in [4.69, 9.17) is 23.2 Å². The number of hydrogen-bond donors (Lipinski definition) is 1. The van der Waals surface area contributed by atoms with Crippen molar-refractivity contribution in [3.05, 3.63) is 28.2 Å². The molecule has 0 saturated heterocycles. The average Bonchev–Trinajstić information content (AvgIpc) is 2.71. The van der Waals surface area contributed by atoms with Crippen LogP contribution < -0.4 is 5.32 Å². The third kappa shape index (κ3) is 3.56. The maximum absolute atomic E-state index is 6.13. The van der Waals surface area contributed by atoms with Crippen LogP contribution in [0.4, 0.5) is 5.69 Å². The van der Waals surface area contributed by atoms with Gasteiger partial charge in [0.15, 0.2) is 5.17 Å². The van der Waals surface area contributed by atoms with E-state index in [0.29, 0.717) is 22.0 Å². The maximum atomic E-state index is 6.13. The van der Waals surface area contributed by atoms with Gasteiger partial charge in [-0.15, -0.1) is 0 Å². The second-order valence-corrected chi connectivity index (χ2v) is 6.55. The number of nitrogens with zero attached hydrogens (tertiary/aromatic N) is 1. The molecule has 1 aromatic carbocycles. The standard InChI is InChI=1S/C13H16Cl2N2S/c1-8(2)6-9-7-18-13(16-9)17-11-5-3-4-10(14)12(11)15/h3-5,8-9H,6-7H2,1-2H3,(H,16,17). The summed E-state index contributed by atoms with van der Waals surface area (Å²) in [7, 11) is 0. The van der Waals surface area contributed by atoms with Gasteiger partial charge in [0.25, 0.3) is 0 Å². The first kappa shape index (κ1) is 14.0. The topological polar surface area (TPSA) is 24.4 Å². The lowest BCUT2D eigenvalue weighted by molar-refractivity contribution is 0.529. The van der Waals surface area contributed by atoms with Gasteiger partial charge in [-0.05, 0) is 24.5 Å². The van der Waals surface area contributed by atoms with E-state index in [1.807, 2.05) is 12.1 Å². The normalized spacial score (nSPS) is 19.2. The van der Waals surface area contributed by atoms with Gasteiger partial charge in [0.1, 0.15) is 0 Å². The Balaban J connectivity index is 2.04. The lowest BCUT2D eigenvalue weighted by Gasteiger charge is -2.08. The first-order valence-corrected chi connectivity index (χ1v) is 7.72. The quantitative estimate of drug-likeness (QED) is 0.857. The first-order chi connectivity index (χ1) is 8.56. The van der Waals surface area contributed by atoms with Crippen molar-refractivity contribution in [2.45, 2.75) is 26.3 Å². The molecule has 0 aromatic heterocycles. The van der Waals surface area contributed by atoms with E-state index in [9.17, 15) is 0 Å². The molecule has 1 unspecified atom stereocenters. The molecule has 1 aliphatic rings. The molecule has 1 N–H and O–H groups in total. The number of anilines is 1. The minimum atomic E-state index is 0.412. The molecule has 2 rings (SSSR count). The zero-order chi connectivity index (χ0) is 13.1. The highest BCUT2D eigenvalue weighted by Crippen LogP contribution is 2.31. The Kier molecular flexibility index (Phi) is 4.82. The second-order valence-electron chi connectivity index (χ2n) is 4.76. The molecule has 1 atom stereocenters. The van der Waals surface area contributed by atoms with Gasteiger partial charge in [0.2, 0.25) is 0 Å². The third-order valence-electron chi connectivity index (χ3n) is 2.65. The van der Waals surface area contributed by atoms with Gasteiger partial charge in [0, 0.05) is 5.75 Å². The molecule has 18 heavy (non-hydrogen) atoms.